The topological polar surface area (TPSA) is 61.4 Å². The SMILES string of the molecule is CC1=C(C)C2(C)CC1(C)C1C(=O)N(NC(=S)Nc3cccc(Br)c3)C(=O)C12. The van der Waals surface area contributed by atoms with Crippen molar-refractivity contribution in [2.75, 3.05) is 5.32 Å². The van der Waals surface area contributed by atoms with Gasteiger partial charge in [0.1, 0.15) is 0 Å². The van der Waals surface area contributed by atoms with Crippen molar-refractivity contribution in [2.24, 2.45) is 22.7 Å². The number of anilines is 1. The number of nitrogens with zero attached hydrogens (tertiary/aromatic N) is 1. The van der Waals surface area contributed by atoms with Gasteiger partial charge in [0.25, 0.3) is 11.8 Å². The fraction of sp³-hybridized carbons (Fsp3) is 0.450. The van der Waals surface area contributed by atoms with Gasteiger partial charge in [0.05, 0.1) is 11.8 Å². The maximum atomic E-state index is 13.2. The summed E-state index contributed by atoms with van der Waals surface area (Å²) in [6, 6.07) is 7.52. The molecular weight excluding hydrogens is 426 g/mol. The summed E-state index contributed by atoms with van der Waals surface area (Å²) < 4.78 is 0.910. The highest BCUT2D eigenvalue weighted by Gasteiger charge is 2.72. The molecule has 4 unspecified atom stereocenters. The monoisotopic (exact) mass is 447 g/mol. The molecule has 0 spiro atoms. The molecule has 1 heterocycles. The molecule has 27 heavy (non-hydrogen) atoms. The van der Waals surface area contributed by atoms with E-state index in [4.69, 9.17) is 12.2 Å². The van der Waals surface area contributed by atoms with Crippen LogP contribution in [0.15, 0.2) is 39.9 Å². The second kappa shape index (κ2) is 5.88. The molecule has 1 aliphatic heterocycles. The van der Waals surface area contributed by atoms with E-state index in [1.165, 1.54) is 11.1 Å². The number of allylic oxidation sites excluding steroid dienone is 2. The van der Waals surface area contributed by atoms with E-state index in [0.717, 1.165) is 21.6 Å². The number of hydrazine groups is 1. The van der Waals surface area contributed by atoms with E-state index < -0.39 is 0 Å². The Labute approximate surface area is 172 Å². The minimum Gasteiger partial charge on any atom is -0.331 e. The van der Waals surface area contributed by atoms with Gasteiger partial charge in [-0.15, -0.1) is 0 Å². The van der Waals surface area contributed by atoms with Crippen LogP contribution in [0.25, 0.3) is 0 Å². The van der Waals surface area contributed by atoms with Gasteiger partial charge in [-0.1, -0.05) is 47.0 Å². The first-order valence-corrected chi connectivity index (χ1v) is 10.2. The van der Waals surface area contributed by atoms with Gasteiger partial charge in [0, 0.05) is 21.0 Å². The van der Waals surface area contributed by atoms with Crippen LogP contribution < -0.4 is 10.7 Å². The van der Waals surface area contributed by atoms with Gasteiger partial charge >= 0.3 is 0 Å². The third kappa shape index (κ3) is 2.44. The number of rotatable bonds is 2. The molecule has 3 aliphatic rings. The summed E-state index contributed by atoms with van der Waals surface area (Å²) in [5.74, 6) is -0.998. The van der Waals surface area contributed by atoms with E-state index in [9.17, 15) is 9.59 Å². The molecule has 1 saturated carbocycles. The van der Waals surface area contributed by atoms with Gasteiger partial charge in [0.15, 0.2) is 5.11 Å². The van der Waals surface area contributed by atoms with Crippen molar-refractivity contribution in [3.8, 4) is 0 Å². The normalized spacial score (nSPS) is 34.3. The number of fused-ring (bicyclic) bond motifs is 5. The van der Waals surface area contributed by atoms with E-state index in [-0.39, 0.29) is 39.6 Å². The standard InChI is InChI=1S/C20H22BrN3O2S/c1-10-11(2)20(4)9-19(10,3)14-15(20)17(26)24(16(14)25)23-18(27)22-13-7-5-6-12(21)8-13/h5-8,14-15H,9H2,1-4H3,(H2,22,23,27). The molecule has 0 aromatic heterocycles. The van der Waals surface area contributed by atoms with Gasteiger partial charge in [0.2, 0.25) is 0 Å². The molecule has 1 aromatic carbocycles. The van der Waals surface area contributed by atoms with Gasteiger partial charge in [-0.05, 0) is 50.7 Å². The molecule has 2 N–H and O–H groups in total. The number of imide groups is 1. The van der Waals surface area contributed by atoms with Gasteiger partial charge < -0.3 is 5.32 Å². The van der Waals surface area contributed by atoms with Crippen molar-refractivity contribution >= 4 is 50.8 Å². The average molecular weight is 448 g/mol. The van der Waals surface area contributed by atoms with Crippen LogP contribution in [0.3, 0.4) is 0 Å². The van der Waals surface area contributed by atoms with Crippen molar-refractivity contribution in [2.45, 2.75) is 34.1 Å². The summed E-state index contributed by atoms with van der Waals surface area (Å²) in [5.41, 5.74) is 5.59. The lowest BCUT2D eigenvalue weighted by molar-refractivity contribution is -0.143. The number of hydrogen-bond acceptors (Lipinski definition) is 3. The minimum absolute atomic E-state index is 0.179. The number of nitrogens with one attached hydrogen (secondary N) is 2. The zero-order chi connectivity index (χ0) is 19.7. The van der Waals surface area contributed by atoms with Gasteiger partial charge in [-0.3, -0.25) is 15.0 Å². The number of thiocarbonyl (C=S) groups is 1. The van der Waals surface area contributed by atoms with Crippen LogP contribution in [-0.4, -0.2) is 21.9 Å². The molecule has 0 radical (unpaired) electrons. The Morgan fingerprint density at radius 1 is 1.15 bits per heavy atom. The molecule has 1 aromatic rings. The fourth-order valence-electron chi connectivity index (χ4n) is 5.46. The number of benzene rings is 1. The van der Waals surface area contributed by atoms with Crippen LogP contribution >= 0.6 is 28.1 Å². The zero-order valence-corrected chi connectivity index (χ0v) is 18.1. The number of carbonyl (C=O) groups excluding carboxylic acids is 2. The summed E-state index contributed by atoms with van der Waals surface area (Å²) in [5, 5.41) is 4.38. The molecule has 2 bridgehead atoms. The number of amides is 2. The number of halogens is 1. The Bertz CT molecular complexity index is 888. The third-order valence-electron chi connectivity index (χ3n) is 6.99. The lowest BCUT2D eigenvalue weighted by Crippen LogP contribution is -2.49. The molecule has 2 amide bonds. The van der Waals surface area contributed by atoms with E-state index in [1.807, 2.05) is 24.3 Å². The lowest BCUT2D eigenvalue weighted by Gasteiger charge is -2.34. The summed E-state index contributed by atoms with van der Waals surface area (Å²) in [4.78, 5) is 26.3. The molecular formula is C20H22BrN3O2S. The van der Waals surface area contributed by atoms with Crippen LogP contribution in [0.1, 0.15) is 34.1 Å². The van der Waals surface area contributed by atoms with Crippen molar-refractivity contribution in [1.29, 1.82) is 0 Å². The highest BCUT2D eigenvalue weighted by Crippen LogP contribution is 2.71. The molecule has 2 fully saturated rings. The maximum Gasteiger partial charge on any atom is 0.253 e. The molecule has 7 heteroatoms. The van der Waals surface area contributed by atoms with Crippen LogP contribution in [0.2, 0.25) is 0 Å². The highest BCUT2D eigenvalue weighted by molar-refractivity contribution is 9.10. The lowest BCUT2D eigenvalue weighted by atomic mass is 9.66. The van der Waals surface area contributed by atoms with Crippen molar-refractivity contribution in [3.05, 3.63) is 39.9 Å². The minimum atomic E-state index is -0.320. The van der Waals surface area contributed by atoms with Crippen LogP contribution in [-0.2, 0) is 9.59 Å². The van der Waals surface area contributed by atoms with E-state index >= 15 is 0 Å². The summed E-state index contributed by atoms with van der Waals surface area (Å²) in [6.07, 6.45) is 0.860. The number of carbonyl (C=O) groups is 2. The summed E-state index contributed by atoms with van der Waals surface area (Å²) >= 11 is 8.74. The first-order valence-electron chi connectivity index (χ1n) is 8.99. The molecule has 4 atom stereocenters. The average Bonchev–Trinajstić information content (AvgIpc) is 3.06. The summed E-state index contributed by atoms with van der Waals surface area (Å²) in [6.45, 7) is 8.44. The zero-order valence-electron chi connectivity index (χ0n) is 15.7. The summed E-state index contributed by atoms with van der Waals surface area (Å²) in [7, 11) is 0. The maximum absolute atomic E-state index is 13.2. The van der Waals surface area contributed by atoms with Gasteiger partial charge in [-0.25, -0.2) is 0 Å². The third-order valence-corrected chi connectivity index (χ3v) is 7.67. The first-order chi connectivity index (χ1) is 12.6. The van der Waals surface area contributed by atoms with E-state index in [1.54, 1.807) is 0 Å². The molecule has 4 rings (SSSR count). The number of hydrogen-bond donors (Lipinski definition) is 2. The van der Waals surface area contributed by atoms with Gasteiger partial charge in [-0.2, -0.15) is 5.01 Å². The fourth-order valence-corrected chi connectivity index (χ4v) is 6.07. The van der Waals surface area contributed by atoms with E-state index in [2.05, 4.69) is 54.4 Å². The Kier molecular flexibility index (Phi) is 4.06. The molecule has 1 saturated heterocycles. The Hall–Kier alpha value is -1.73. The van der Waals surface area contributed by atoms with Crippen molar-refractivity contribution in [3.63, 3.8) is 0 Å². The predicted octanol–water partition coefficient (Wildman–Crippen LogP) is 4.02. The Morgan fingerprint density at radius 2 is 1.70 bits per heavy atom. The highest BCUT2D eigenvalue weighted by atomic mass is 79.9. The van der Waals surface area contributed by atoms with Crippen LogP contribution in [0.5, 0.6) is 0 Å². The van der Waals surface area contributed by atoms with Crippen LogP contribution in [0.4, 0.5) is 5.69 Å². The quantitative estimate of drug-likeness (QED) is 0.407. The smallest absolute Gasteiger partial charge is 0.253 e. The molecule has 142 valence electrons. The van der Waals surface area contributed by atoms with Crippen molar-refractivity contribution < 1.29 is 9.59 Å². The van der Waals surface area contributed by atoms with E-state index in [0.29, 0.717) is 0 Å². The second-order valence-electron chi connectivity index (χ2n) is 8.31. The van der Waals surface area contributed by atoms with Crippen LogP contribution in [0, 0.1) is 22.7 Å². The molecule has 5 nitrogen and oxygen atoms in total. The second-order valence-corrected chi connectivity index (χ2v) is 9.63. The first kappa shape index (κ1) is 18.6. The molecule has 2 aliphatic carbocycles. The predicted molar refractivity (Wildman–Crippen MR) is 112 cm³/mol. The largest absolute Gasteiger partial charge is 0.331 e. The van der Waals surface area contributed by atoms with Crippen molar-refractivity contribution in [1.82, 2.24) is 10.4 Å². The Morgan fingerprint density at radius 3 is 2.22 bits per heavy atom. The Balaban J connectivity index is 1.57.